The summed E-state index contributed by atoms with van der Waals surface area (Å²) in [5.41, 5.74) is 5.06. The zero-order valence-corrected chi connectivity index (χ0v) is 20.0. The van der Waals surface area contributed by atoms with E-state index in [0.29, 0.717) is 23.5 Å². The van der Waals surface area contributed by atoms with Crippen molar-refractivity contribution < 1.29 is 15.3 Å². The molecule has 30 heavy (non-hydrogen) atoms. The van der Waals surface area contributed by atoms with Crippen molar-refractivity contribution in [2.24, 2.45) is 17.3 Å². The van der Waals surface area contributed by atoms with Gasteiger partial charge in [-0.1, -0.05) is 63.6 Å². The van der Waals surface area contributed by atoms with Gasteiger partial charge in [-0.2, -0.15) is 0 Å². The Kier molecular flexibility index (Phi) is 7.44. The SMILES string of the molecule is C=C1C(=CC=C2CCC[C@]3(C)C(CC)=CC[C@@H]23)C[C@](O)(SC[C@@H](O)C(C)C)C[C@@H]1O. The minimum absolute atomic E-state index is 0.151. The second-order valence-corrected chi connectivity index (χ2v) is 11.4. The van der Waals surface area contributed by atoms with Gasteiger partial charge >= 0.3 is 0 Å². The summed E-state index contributed by atoms with van der Waals surface area (Å²) >= 11 is 1.36. The van der Waals surface area contributed by atoms with E-state index in [1.807, 2.05) is 13.8 Å². The molecular weight excluding hydrogens is 392 g/mol. The topological polar surface area (TPSA) is 60.7 Å². The molecule has 0 spiro atoms. The van der Waals surface area contributed by atoms with E-state index < -0.39 is 17.1 Å². The van der Waals surface area contributed by atoms with E-state index in [4.69, 9.17) is 0 Å². The number of hydrogen-bond donors (Lipinski definition) is 3. The highest BCUT2D eigenvalue weighted by Crippen LogP contribution is 2.55. The van der Waals surface area contributed by atoms with Gasteiger partial charge in [-0.3, -0.25) is 0 Å². The predicted octanol–water partition coefficient (Wildman–Crippen LogP) is 5.54. The standard InChI is InChI=1S/C26H40O3S/c1-6-21-11-12-22-19(8-7-13-25(21,22)5)9-10-20-14-26(29,15-23(27)18(20)4)30-16-24(28)17(2)3/h9-11,17,22-24,27-29H,4,6-8,12-16H2,1-3,5H3/t22-,23-,24+,25+,26-/m0/s1. The summed E-state index contributed by atoms with van der Waals surface area (Å²) in [7, 11) is 0. The van der Waals surface area contributed by atoms with Crippen LogP contribution in [0, 0.1) is 17.3 Å². The van der Waals surface area contributed by atoms with Crippen molar-refractivity contribution in [1.29, 1.82) is 0 Å². The molecule has 3 aliphatic rings. The normalized spacial score (nSPS) is 38.3. The molecule has 4 heteroatoms. The van der Waals surface area contributed by atoms with Crippen molar-refractivity contribution in [1.82, 2.24) is 0 Å². The molecule has 0 aromatic carbocycles. The van der Waals surface area contributed by atoms with E-state index in [-0.39, 0.29) is 12.3 Å². The Morgan fingerprint density at radius 1 is 1.33 bits per heavy atom. The van der Waals surface area contributed by atoms with Gasteiger partial charge in [0.1, 0.15) is 4.93 Å². The van der Waals surface area contributed by atoms with Crippen LogP contribution >= 0.6 is 11.8 Å². The first-order valence-corrected chi connectivity index (χ1v) is 12.6. The van der Waals surface area contributed by atoms with Crippen molar-refractivity contribution in [2.45, 2.75) is 89.8 Å². The summed E-state index contributed by atoms with van der Waals surface area (Å²) in [6.45, 7) is 12.8. The monoisotopic (exact) mass is 432 g/mol. The fourth-order valence-electron chi connectivity index (χ4n) is 5.49. The summed E-state index contributed by atoms with van der Waals surface area (Å²) in [5.74, 6) is 1.19. The zero-order valence-electron chi connectivity index (χ0n) is 19.2. The molecule has 0 amide bonds. The molecule has 0 aliphatic heterocycles. The Hall–Kier alpha value is -0.810. The van der Waals surface area contributed by atoms with Crippen LogP contribution in [-0.4, -0.2) is 38.2 Å². The maximum atomic E-state index is 11.1. The first-order valence-electron chi connectivity index (χ1n) is 11.6. The average Bonchev–Trinajstić information content (AvgIpc) is 3.04. The van der Waals surface area contributed by atoms with E-state index in [0.717, 1.165) is 30.4 Å². The Bertz CT molecular complexity index is 749. The second kappa shape index (κ2) is 9.36. The molecule has 3 aliphatic carbocycles. The van der Waals surface area contributed by atoms with E-state index in [9.17, 15) is 15.3 Å². The number of aliphatic hydroxyl groups is 3. The highest BCUT2D eigenvalue weighted by Gasteiger charge is 2.44. The zero-order chi connectivity index (χ0) is 22.1. The van der Waals surface area contributed by atoms with E-state index in [2.05, 4.69) is 38.7 Å². The minimum Gasteiger partial charge on any atom is -0.392 e. The van der Waals surface area contributed by atoms with Gasteiger partial charge in [-0.05, 0) is 60.5 Å². The van der Waals surface area contributed by atoms with Crippen LogP contribution in [0.2, 0.25) is 0 Å². The van der Waals surface area contributed by atoms with Gasteiger partial charge in [0.15, 0.2) is 0 Å². The lowest BCUT2D eigenvalue weighted by molar-refractivity contribution is 0.0594. The van der Waals surface area contributed by atoms with Crippen molar-refractivity contribution in [2.75, 3.05) is 5.75 Å². The molecule has 0 saturated heterocycles. The third-order valence-corrected chi connectivity index (χ3v) is 9.03. The van der Waals surface area contributed by atoms with E-state index in [1.54, 1.807) is 5.57 Å². The Labute approximate surface area is 187 Å². The van der Waals surface area contributed by atoms with Crippen LogP contribution in [0.15, 0.2) is 47.1 Å². The van der Waals surface area contributed by atoms with Crippen LogP contribution in [-0.2, 0) is 0 Å². The molecular formula is C26H40O3S. The van der Waals surface area contributed by atoms with Crippen LogP contribution in [0.25, 0.3) is 0 Å². The molecule has 3 nitrogen and oxygen atoms in total. The summed E-state index contributed by atoms with van der Waals surface area (Å²) < 4.78 is 0. The highest BCUT2D eigenvalue weighted by atomic mass is 32.2. The maximum Gasteiger partial charge on any atom is 0.117 e. The van der Waals surface area contributed by atoms with Gasteiger partial charge in [-0.15, -0.1) is 11.8 Å². The lowest BCUT2D eigenvalue weighted by Gasteiger charge is -2.41. The van der Waals surface area contributed by atoms with Crippen LogP contribution in [0.4, 0.5) is 0 Å². The van der Waals surface area contributed by atoms with Crippen molar-refractivity contribution >= 4 is 11.8 Å². The molecule has 3 N–H and O–H groups in total. The van der Waals surface area contributed by atoms with E-state index in [1.165, 1.54) is 30.2 Å². The maximum absolute atomic E-state index is 11.1. The number of hydrogen-bond acceptors (Lipinski definition) is 4. The highest BCUT2D eigenvalue weighted by molar-refractivity contribution is 8.00. The van der Waals surface area contributed by atoms with Crippen molar-refractivity contribution in [3.8, 4) is 0 Å². The van der Waals surface area contributed by atoms with Gasteiger partial charge in [0.05, 0.1) is 12.2 Å². The molecule has 0 radical (unpaired) electrons. The van der Waals surface area contributed by atoms with Crippen molar-refractivity contribution in [3.05, 3.63) is 47.1 Å². The summed E-state index contributed by atoms with van der Waals surface area (Å²) in [6, 6.07) is 0. The first kappa shape index (κ1) is 23.8. The number of thioether (sulfide) groups is 1. The van der Waals surface area contributed by atoms with Crippen LogP contribution < -0.4 is 0 Å². The molecule has 2 fully saturated rings. The van der Waals surface area contributed by atoms with Gasteiger partial charge in [0, 0.05) is 18.6 Å². The number of aliphatic hydroxyl groups excluding tert-OH is 2. The van der Waals surface area contributed by atoms with Crippen LogP contribution in [0.3, 0.4) is 0 Å². The average molecular weight is 433 g/mol. The number of allylic oxidation sites excluding steroid dienone is 5. The van der Waals surface area contributed by atoms with Crippen LogP contribution in [0.5, 0.6) is 0 Å². The second-order valence-electron chi connectivity index (χ2n) is 10.1. The fraction of sp³-hybridized carbons (Fsp3) is 0.692. The van der Waals surface area contributed by atoms with Gasteiger partial charge in [0.2, 0.25) is 0 Å². The summed E-state index contributed by atoms with van der Waals surface area (Å²) in [6.07, 6.45) is 12.2. The Morgan fingerprint density at radius 3 is 2.73 bits per heavy atom. The minimum atomic E-state index is -1.06. The molecule has 0 aromatic rings. The smallest absolute Gasteiger partial charge is 0.117 e. The van der Waals surface area contributed by atoms with Crippen LogP contribution in [0.1, 0.15) is 72.6 Å². The summed E-state index contributed by atoms with van der Waals surface area (Å²) in [4.78, 5) is -1.06. The van der Waals surface area contributed by atoms with Gasteiger partial charge in [0.25, 0.3) is 0 Å². The third-order valence-electron chi connectivity index (χ3n) is 7.68. The fourth-order valence-corrected chi connectivity index (χ4v) is 6.89. The molecule has 0 bridgehead atoms. The predicted molar refractivity (Wildman–Crippen MR) is 127 cm³/mol. The largest absolute Gasteiger partial charge is 0.392 e. The lowest BCUT2D eigenvalue weighted by Crippen LogP contribution is -2.38. The molecule has 5 atom stereocenters. The van der Waals surface area contributed by atoms with E-state index >= 15 is 0 Å². The van der Waals surface area contributed by atoms with Crippen molar-refractivity contribution in [3.63, 3.8) is 0 Å². The quantitative estimate of drug-likeness (QED) is 0.381. The first-order chi connectivity index (χ1) is 14.1. The molecule has 0 heterocycles. The molecule has 3 rings (SSSR count). The third kappa shape index (κ3) is 4.82. The summed E-state index contributed by atoms with van der Waals surface area (Å²) in [5, 5.41) is 31.8. The number of fused-ring (bicyclic) bond motifs is 1. The Morgan fingerprint density at radius 2 is 2.07 bits per heavy atom. The van der Waals surface area contributed by atoms with Gasteiger partial charge in [-0.25, -0.2) is 0 Å². The Balaban J connectivity index is 1.77. The molecule has 0 aromatic heterocycles. The molecule has 2 saturated carbocycles. The molecule has 168 valence electrons. The lowest BCUT2D eigenvalue weighted by atomic mass is 9.64. The molecule has 0 unspecified atom stereocenters. The number of rotatable bonds is 6. The van der Waals surface area contributed by atoms with Gasteiger partial charge < -0.3 is 15.3 Å².